The van der Waals surface area contributed by atoms with Crippen LogP contribution in [0.4, 0.5) is 0 Å². The molecule has 0 radical (unpaired) electrons. The number of hydrogen-bond donors (Lipinski definition) is 1. The molecule has 2 aromatic rings. The van der Waals surface area contributed by atoms with E-state index in [1.165, 1.54) is 16.7 Å². The first-order valence-electron chi connectivity index (χ1n) is 3.68. The van der Waals surface area contributed by atoms with Gasteiger partial charge in [-0.1, -0.05) is 0 Å². The third kappa shape index (κ3) is 1.33. The molecule has 0 bridgehead atoms. The molecule has 2 aromatic heterocycles. The van der Waals surface area contributed by atoms with Crippen LogP contribution in [0.15, 0.2) is 39.7 Å². The summed E-state index contributed by atoms with van der Waals surface area (Å²) in [4.78, 5) is 11.3. The predicted octanol–water partition coefficient (Wildman–Crippen LogP) is 1.77. The molecule has 13 heavy (non-hydrogen) atoms. The van der Waals surface area contributed by atoms with Crippen molar-refractivity contribution in [1.29, 1.82) is 0 Å². The highest BCUT2D eigenvalue weighted by atomic mass is 79.9. The second kappa shape index (κ2) is 2.88. The molecule has 0 aliphatic heterocycles. The summed E-state index contributed by atoms with van der Waals surface area (Å²) in [5.41, 5.74) is 0.583. The number of aromatic hydroxyl groups is 1. The van der Waals surface area contributed by atoms with Gasteiger partial charge in [0, 0.05) is 10.5 Å². The fourth-order valence-electron chi connectivity index (χ4n) is 1.18. The molecule has 0 saturated heterocycles. The molecule has 3 nitrogen and oxygen atoms in total. The maximum atomic E-state index is 11.3. The lowest BCUT2D eigenvalue weighted by atomic mass is 10.3. The van der Waals surface area contributed by atoms with Crippen LogP contribution in [-0.4, -0.2) is 9.51 Å². The van der Waals surface area contributed by atoms with Gasteiger partial charge in [-0.3, -0.25) is 9.20 Å². The van der Waals surface area contributed by atoms with Crippen LogP contribution in [0.1, 0.15) is 0 Å². The highest BCUT2D eigenvalue weighted by Gasteiger charge is 2.00. The smallest absolute Gasteiger partial charge is 0.255 e. The molecule has 1 N–H and O–H groups in total. The van der Waals surface area contributed by atoms with Crippen molar-refractivity contribution < 1.29 is 5.11 Å². The van der Waals surface area contributed by atoms with Crippen LogP contribution >= 0.6 is 15.9 Å². The van der Waals surface area contributed by atoms with Crippen LogP contribution in [0.2, 0.25) is 0 Å². The Morgan fingerprint density at radius 2 is 2.00 bits per heavy atom. The predicted molar refractivity (Wildman–Crippen MR) is 53.0 cm³/mol. The number of rotatable bonds is 0. The molecular weight excluding hydrogens is 234 g/mol. The van der Waals surface area contributed by atoms with E-state index in [9.17, 15) is 9.90 Å². The summed E-state index contributed by atoms with van der Waals surface area (Å²) < 4.78 is 2.21. The van der Waals surface area contributed by atoms with E-state index in [4.69, 9.17) is 0 Å². The van der Waals surface area contributed by atoms with Crippen molar-refractivity contribution in [1.82, 2.24) is 4.40 Å². The number of pyridine rings is 2. The Morgan fingerprint density at radius 3 is 2.77 bits per heavy atom. The van der Waals surface area contributed by atoms with E-state index in [1.54, 1.807) is 18.2 Å². The van der Waals surface area contributed by atoms with Gasteiger partial charge in [0.25, 0.3) is 5.56 Å². The SMILES string of the molecule is O=c1ccc(Br)c2ccc(O)cn12. The van der Waals surface area contributed by atoms with E-state index < -0.39 is 0 Å². The van der Waals surface area contributed by atoms with Crippen molar-refractivity contribution in [2.24, 2.45) is 0 Å². The van der Waals surface area contributed by atoms with Gasteiger partial charge in [-0.2, -0.15) is 0 Å². The van der Waals surface area contributed by atoms with Crippen molar-refractivity contribution in [3.8, 4) is 5.75 Å². The monoisotopic (exact) mass is 239 g/mol. The van der Waals surface area contributed by atoms with E-state index in [0.29, 0.717) is 0 Å². The average molecular weight is 240 g/mol. The maximum absolute atomic E-state index is 11.3. The molecule has 2 heterocycles. The van der Waals surface area contributed by atoms with Gasteiger partial charge in [-0.15, -0.1) is 0 Å². The van der Waals surface area contributed by atoms with Crippen molar-refractivity contribution in [2.75, 3.05) is 0 Å². The molecule has 66 valence electrons. The van der Waals surface area contributed by atoms with Crippen LogP contribution < -0.4 is 5.56 Å². The standard InChI is InChI=1S/C9H6BrNO2/c10-7-2-4-9(13)11-5-6(12)1-3-8(7)11/h1-5,12H. The van der Waals surface area contributed by atoms with Gasteiger partial charge in [0.05, 0.1) is 11.7 Å². The Bertz CT molecular complexity index is 518. The third-order valence-corrected chi connectivity index (χ3v) is 2.46. The number of aromatic nitrogens is 1. The summed E-state index contributed by atoms with van der Waals surface area (Å²) in [6, 6.07) is 6.35. The van der Waals surface area contributed by atoms with E-state index >= 15 is 0 Å². The largest absolute Gasteiger partial charge is 0.506 e. The molecule has 2 rings (SSSR count). The molecule has 0 aliphatic carbocycles. The fourth-order valence-corrected chi connectivity index (χ4v) is 1.63. The van der Waals surface area contributed by atoms with Crippen LogP contribution in [0.3, 0.4) is 0 Å². The third-order valence-electron chi connectivity index (χ3n) is 1.79. The van der Waals surface area contributed by atoms with Gasteiger partial charge >= 0.3 is 0 Å². The summed E-state index contributed by atoms with van der Waals surface area (Å²) in [5, 5.41) is 9.17. The highest BCUT2D eigenvalue weighted by molar-refractivity contribution is 9.10. The topological polar surface area (TPSA) is 41.7 Å². The van der Waals surface area contributed by atoms with E-state index in [1.807, 2.05) is 0 Å². The molecule has 0 fully saturated rings. The number of nitrogens with zero attached hydrogens (tertiary/aromatic N) is 1. The summed E-state index contributed by atoms with van der Waals surface area (Å²) >= 11 is 3.31. The zero-order chi connectivity index (χ0) is 9.42. The maximum Gasteiger partial charge on any atom is 0.255 e. The van der Waals surface area contributed by atoms with Gasteiger partial charge < -0.3 is 5.11 Å². The van der Waals surface area contributed by atoms with Gasteiger partial charge in [0.1, 0.15) is 5.75 Å². The van der Waals surface area contributed by atoms with Crippen molar-refractivity contribution >= 4 is 21.4 Å². The minimum Gasteiger partial charge on any atom is -0.506 e. The summed E-state index contributed by atoms with van der Waals surface area (Å²) in [6.45, 7) is 0. The van der Waals surface area contributed by atoms with Crippen molar-refractivity contribution in [2.45, 2.75) is 0 Å². The zero-order valence-corrected chi connectivity index (χ0v) is 8.15. The average Bonchev–Trinajstić information content (AvgIpc) is 2.12. The number of fused-ring (bicyclic) bond motifs is 1. The van der Waals surface area contributed by atoms with Gasteiger partial charge in [0.15, 0.2) is 0 Å². The lowest BCUT2D eigenvalue weighted by Gasteiger charge is -2.02. The van der Waals surface area contributed by atoms with Gasteiger partial charge in [-0.05, 0) is 34.1 Å². The summed E-state index contributed by atoms with van der Waals surface area (Å²) in [5.74, 6) is 0.0766. The molecule has 0 atom stereocenters. The summed E-state index contributed by atoms with van der Waals surface area (Å²) in [7, 11) is 0. The summed E-state index contributed by atoms with van der Waals surface area (Å²) in [6.07, 6.45) is 1.39. The van der Waals surface area contributed by atoms with Crippen LogP contribution in [0, 0.1) is 0 Å². The first kappa shape index (κ1) is 8.31. The second-order valence-electron chi connectivity index (χ2n) is 2.66. The minimum absolute atomic E-state index is 0.0766. The molecule has 0 amide bonds. The number of halogens is 1. The second-order valence-corrected chi connectivity index (χ2v) is 3.52. The Balaban J connectivity index is 3.01. The lowest BCUT2D eigenvalue weighted by molar-refractivity contribution is 0.471. The molecular formula is C9H6BrNO2. The van der Waals surface area contributed by atoms with E-state index in [2.05, 4.69) is 15.9 Å². The molecule has 0 aliphatic rings. The quantitative estimate of drug-likeness (QED) is 0.762. The van der Waals surface area contributed by atoms with Gasteiger partial charge in [-0.25, -0.2) is 0 Å². The Labute approximate surface area is 82.4 Å². The van der Waals surface area contributed by atoms with Crippen LogP contribution in [-0.2, 0) is 0 Å². The molecule has 4 heteroatoms. The normalized spacial score (nSPS) is 10.5. The van der Waals surface area contributed by atoms with E-state index in [0.717, 1.165) is 9.99 Å². The van der Waals surface area contributed by atoms with Crippen LogP contribution in [0.25, 0.3) is 5.52 Å². The fraction of sp³-hybridized carbons (Fsp3) is 0. The molecule has 0 spiro atoms. The van der Waals surface area contributed by atoms with Crippen molar-refractivity contribution in [3.05, 3.63) is 45.3 Å². The lowest BCUT2D eigenvalue weighted by Crippen LogP contribution is -2.11. The number of hydrogen-bond acceptors (Lipinski definition) is 2. The minimum atomic E-state index is -0.158. The first-order chi connectivity index (χ1) is 6.18. The van der Waals surface area contributed by atoms with Gasteiger partial charge in [0.2, 0.25) is 0 Å². The zero-order valence-electron chi connectivity index (χ0n) is 6.57. The molecule has 0 unspecified atom stereocenters. The Kier molecular flexibility index (Phi) is 1.84. The van der Waals surface area contributed by atoms with Crippen LogP contribution in [0.5, 0.6) is 5.75 Å². The molecule has 0 saturated carbocycles. The molecule has 0 aromatic carbocycles. The van der Waals surface area contributed by atoms with Crippen molar-refractivity contribution in [3.63, 3.8) is 0 Å². The Hall–Kier alpha value is -1.29. The highest BCUT2D eigenvalue weighted by Crippen LogP contribution is 2.17. The Morgan fingerprint density at radius 1 is 1.23 bits per heavy atom. The first-order valence-corrected chi connectivity index (χ1v) is 4.48. The van der Waals surface area contributed by atoms with E-state index in [-0.39, 0.29) is 11.3 Å².